The summed E-state index contributed by atoms with van der Waals surface area (Å²) in [5.74, 6) is 1.07. The number of benzene rings is 2. The molecule has 30 heavy (non-hydrogen) atoms. The van der Waals surface area contributed by atoms with E-state index in [1.54, 1.807) is 0 Å². The maximum absolute atomic E-state index is 12.4. The first kappa shape index (κ1) is 22.1. The van der Waals surface area contributed by atoms with Gasteiger partial charge in [0, 0.05) is 17.8 Å². The Labute approximate surface area is 183 Å². The molecule has 1 N–H and O–H groups in total. The van der Waals surface area contributed by atoms with Crippen LogP contribution in [-0.4, -0.2) is 26.4 Å². The molecule has 2 aromatic carbocycles. The van der Waals surface area contributed by atoms with Crippen LogP contribution in [0.15, 0.2) is 47.6 Å². The van der Waals surface area contributed by atoms with Crippen LogP contribution in [0.5, 0.6) is 0 Å². The normalized spacial score (nSPS) is 11.5. The third-order valence-corrected chi connectivity index (χ3v) is 6.00. The van der Waals surface area contributed by atoms with Crippen molar-refractivity contribution in [1.29, 1.82) is 0 Å². The van der Waals surface area contributed by atoms with Crippen molar-refractivity contribution in [2.75, 3.05) is 11.1 Å². The summed E-state index contributed by atoms with van der Waals surface area (Å²) < 4.78 is 2.06. The monoisotopic (exact) mass is 422 g/mol. The minimum absolute atomic E-state index is 0.0475. The van der Waals surface area contributed by atoms with E-state index in [0.717, 1.165) is 34.3 Å². The summed E-state index contributed by atoms with van der Waals surface area (Å²) >= 11 is 1.41. The number of hydrogen-bond acceptors (Lipinski definition) is 4. The van der Waals surface area contributed by atoms with Crippen LogP contribution in [-0.2, 0) is 16.8 Å². The van der Waals surface area contributed by atoms with E-state index in [9.17, 15) is 4.79 Å². The van der Waals surface area contributed by atoms with Gasteiger partial charge in [-0.3, -0.25) is 4.79 Å². The fourth-order valence-electron chi connectivity index (χ4n) is 3.28. The van der Waals surface area contributed by atoms with Crippen LogP contribution in [0.3, 0.4) is 0 Å². The number of anilines is 1. The molecule has 0 spiro atoms. The van der Waals surface area contributed by atoms with Crippen molar-refractivity contribution in [2.45, 2.75) is 58.7 Å². The molecule has 0 saturated heterocycles. The van der Waals surface area contributed by atoms with Gasteiger partial charge in [0.25, 0.3) is 0 Å². The van der Waals surface area contributed by atoms with Gasteiger partial charge in [0.1, 0.15) is 0 Å². The summed E-state index contributed by atoms with van der Waals surface area (Å²) in [6.45, 7) is 13.5. The lowest BCUT2D eigenvalue weighted by Gasteiger charge is -2.19. The highest BCUT2D eigenvalue weighted by Crippen LogP contribution is 2.28. The quantitative estimate of drug-likeness (QED) is 0.525. The predicted octanol–water partition coefficient (Wildman–Crippen LogP) is 5.61. The topological polar surface area (TPSA) is 59.8 Å². The molecule has 5 nitrogen and oxygen atoms in total. The van der Waals surface area contributed by atoms with Gasteiger partial charge in [-0.25, -0.2) is 0 Å². The van der Waals surface area contributed by atoms with Crippen LogP contribution in [0.4, 0.5) is 5.69 Å². The Morgan fingerprint density at radius 1 is 1.07 bits per heavy atom. The van der Waals surface area contributed by atoms with Gasteiger partial charge in [0.05, 0.1) is 5.75 Å². The number of rotatable bonds is 6. The third-order valence-electron chi connectivity index (χ3n) is 5.03. The molecule has 0 atom stereocenters. The van der Waals surface area contributed by atoms with E-state index in [-0.39, 0.29) is 17.1 Å². The Bertz CT molecular complexity index is 1030. The summed E-state index contributed by atoms with van der Waals surface area (Å²) in [5, 5.41) is 12.5. The van der Waals surface area contributed by atoms with Crippen molar-refractivity contribution in [2.24, 2.45) is 0 Å². The average molecular weight is 423 g/mol. The maximum atomic E-state index is 12.4. The Morgan fingerprint density at radius 3 is 2.37 bits per heavy atom. The van der Waals surface area contributed by atoms with Crippen LogP contribution in [0.25, 0.3) is 11.4 Å². The van der Waals surface area contributed by atoms with Crippen molar-refractivity contribution in [1.82, 2.24) is 14.8 Å². The highest BCUT2D eigenvalue weighted by molar-refractivity contribution is 7.99. The smallest absolute Gasteiger partial charge is 0.234 e. The standard InChI is InChI=1S/C24H30N4OS/c1-7-28-22(18-9-11-19(12-10-18)24(4,5)6)26-27-23(28)30-15-21(29)25-20-13-8-16(2)14-17(20)3/h8-14H,7,15H2,1-6H3,(H,25,29). The first-order chi connectivity index (χ1) is 14.2. The first-order valence-corrected chi connectivity index (χ1v) is 11.2. The molecular weight excluding hydrogens is 392 g/mol. The van der Waals surface area contributed by atoms with Gasteiger partial charge in [-0.15, -0.1) is 10.2 Å². The number of aromatic nitrogens is 3. The molecule has 1 amide bonds. The van der Waals surface area contributed by atoms with Crippen LogP contribution in [0.1, 0.15) is 44.4 Å². The minimum atomic E-state index is -0.0475. The molecular formula is C24H30N4OS. The van der Waals surface area contributed by atoms with Crippen molar-refractivity contribution >= 4 is 23.4 Å². The van der Waals surface area contributed by atoms with E-state index in [0.29, 0.717) is 0 Å². The van der Waals surface area contributed by atoms with E-state index < -0.39 is 0 Å². The van der Waals surface area contributed by atoms with Crippen molar-refractivity contribution in [3.63, 3.8) is 0 Å². The van der Waals surface area contributed by atoms with E-state index in [2.05, 4.69) is 78.1 Å². The number of amides is 1. The molecule has 1 heterocycles. The number of hydrogen-bond donors (Lipinski definition) is 1. The lowest BCUT2D eigenvalue weighted by Crippen LogP contribution is -2.15. The molecule has 0 radical (unpaired) electrons. The zero-order valence-corrected chi connectivity index (χ0v) is 19.4. The lowest BCUT2D eigenvalue weighted by molar-refractivity contribution is -0.113. The number of aryl methyl sites for hydroxylation is 2. The van der Waals surface area contributed by atoms with Gasteiger partial charge in [-0.2, -0.15) is 0 Å². The third kappa shape index (κ3) is 5.11. The predicted molar refractivity (Wildman–Crippen MR) is 125 cm³/mol. The molecule has 158 valence electrons. The molecule has 0 fully saturated rings. The van der Waals surface area contributed by atoms with Gasteiger partial charge in [0.15, 0.2) is 11.0 Å². The highest BCUT2D eigenvalue weighted by Gasteiger charge is 2.17. The van der Waals surface area contributed by atoms with Gasteiger partial charge in [-0.05, 0) is 43.4 Å². The number of nitrogens with one attached hydrogen (secondary N) is 1. The fraction of sp³-hybridized carbons (Fsp3) is 0.375. The Kier molecular flexibility index (Phi) is 6.66. The van der Waals surface area contributed by atoms with Crippen LogP contribution >= 0.6 is 11.8 Å². The zero-order valence-electron chi connectivity index (χ0n) is 18.6. The molecule has 3 aromatic rings. The summed E-state index contributed by atoms with van der Waals surface area (Å²) in [6, 6.07) is 14.5. The van der Waals surface area contributed by atoms with E-state index in [4.69, 9.17) is 0 Å². The molecule has 0 unspecified atom stereocenters. The summed E-state index contributed by atoms with van der Waals surface area (Å²) in [5.41, 5.74) is 5.52. The molecule has 0 bridgehead atoms. The van der Waals surface area contributed by atoms with Crippen LogP contribution < -0.4 is 5.32 Å². The molecule has 0 aliphatic carbocycles. The second-order valence-electron chi connectivity index (χ2n) is 8.53. The van der Waals surface area contributed by atoms with E-state index >= 15 is 0 Å². The highest BCUT2D eigenvalue weighted by atomic mass is 32.2. The van der Waals surface area contributed by atoms with Crippen molar-refractivity contribution in [3.8, 4) is 11.4 Å². The molecule has 6 heteroatoms. The molecule has 0 aliphatic rings. The second-order valence-corrected chi connectivity index (χ2v) is 9.48. The van der Waals surface area contributed by atoms with Gasteiger partial charge >= 0.3 is 0 Å². The molecule has 1 aromatic heterocycles. The largest absolute Gasteiger partial charge is 0.325 e. The summed E-state index contributed by atoms with van der Waals surface area (Å²) in [4.78, 5) is 12.4. The second kappa shape index (κ2) is 9.04. The van der Waals surface area contributed by atoms with Crippen LogP contribution in [0, 0.1) is 13.8 Å². The summed E-state index contributed by atoms with van der Waals surface area (Å²) in [6.07, 6.45) is 0. The van der Waals surface area contributed by atoms with Crippen molar-refractivity contribution in [3.05, 3.63) is 59.2 Å². The number of thioether (sulfide) groups is 1. The van der Waals surface area contributed by atoms with Gasteiger partial charge in [-0.1, -0.05) is 74.5 Å². The maximum Gasteiger partial charge on any atom is 0.234 e. The Hall–Kier alpha value is -2.60. The minimum Gasteiger partial charge on any atom is -0.325 e. The number of carbonyl (C=O) groups is 1. The van der Waals surface area contributed by atoms with Crippen LogP contribution in [0.2, 0.25) is 0 Å². The first-order valence-electron chi connectivity index (χ1n) is 10.2. The Balaban J connectivity index is 1.70. The molecule has 3 rings (SSSR count). The van der Waals surface area contributed by atoms with E-state index in [1.807, 2.05) is 26.0 Å². The summed E-state index contributed by atoms with van der Waals surface area (Å²) in [7, 11) is 0. The van der Waals surface area contributed by atoms with Crippen molar-refractivity contribution < 1.29 is 4.79 Å². The number of nitrogens with zero attached hydrogens (tertiary/aromatic N) is 3. The van der Waals surface area contributed by atoms with E-state index in [1.165, 1.54) is 22.9 Å². The SMILES string of the molecule is CCn1c(SCC(=O)Nc2ccc(C)cc2C)nnc1-c1ccc(C(C)(C)C)cc1. The molecule has 0 aliphatic heterocycles. The molecule has 0 saturated carbocycles. The Morgan fingerprint density at radius 2 is 1.77 bits per heavy atom. The average Bonchev–Trinajstić information content (AvgIpc) is 3.11. The number of carbonyl (C=O) groups excluding carboxylic acids is 1. The zero-order chi connectivity index (χ0) is 21.9. The van der Waals surface area contributed by atoms with Gasteiger partial charge in [0.2, 0.25) is 5.91 Å². The fourth-order valence-corrected chi connectivity index (χ4v) is 4.09. The van der Waals surface area contributed by atoms with Gasteiger partial charge < -0.3 is 9.88 Å². The lowest BCUT2D eigenvalue weighted by atomic mass is 9.87.